The lowest BCUT2D eigenvalue weighted by Gasteiger charge is -2.25. The zero-order valence-electron chi connectivity index (χ0n) is 14.6. The van der Waals surface area contributed by atoms with E-state index >= 15 is 0 Å². The summed E-state index contributed by atoms with van der Waals surface area (Å²) < 4.78 is 21.9. The maximum absolute atomic E-state index is 12.3. The number of unbranched alkanes of at least 4 members (excludes halogenated alkanes) is 2. The predicted octanol–water partition coefficient (Wildman–Crippen LogP) is 1.40. The second-order valence-electron chi connectivity index (χ2n) is 6.28. The van der Waals surface area contributed by atoms with Crippen molar-refractivity contribution in [2.75, 3.05) is 19.7 Å². The number of hydrogen-bond donors (Lipinski definition) is 3. The molecule has 1 fully saturated rings. The summed E-state index contributed by atoms with van der Waals surface area (Å²) in [7, 11) is -4.16. The molecule has 142 valence electrons. The molecule has 0 spiro atoms. The Morgan fingerprint density at radius 2 is 2.12 bits per heavy atom. The fourth-order valence-corrected chi connectivity index (χ4v) is 3.63. The molecule has 9 heteroatoms. The summed E-state index contributed by atoms with van der Waals surface area (Å²) in [6, 6.07) is -0.414. The van der Waals surface area contributed by atoms with Gasteiger partial charge in [0.2, 0.25) is 5.91 Å². The summed E-state index contributed by atoms with van der Waals surface area (Å²) in [6.45, 7) is 4.22. The van der Waals surface area contributed by atoms with Gasteiger partial charge in [0.25, 0.3) is 0 Å². The van der Waals surface area contributed by atoms with Crippen molar-refractivity contribution in [3.63, 3.8) is 0 Å². The number of nitrogens with two attached hydrogens (primary N) is 1. The summed E-state index contributed by atoms with van der Waals surface area (Å²) in [6.07, 6.45) is 2.77. The molecule has 0 saturated carbocycles. The molecule has 24 heavy (non-hydrogen) atoms. The van der Waals surface area contributed by atoms with Crippen LogP contribution in [0.15, 0.2) is 0 Å². The maximum atomic E-state index is 12.3. The van der Waals surface area contributed by atoms with E-state index in [9.17, 15) is 19.4 Å². The van der Waals surface area contributed by atoms with Crippen LogP contribution in [0.5, 0.6) is 0 Å². The van der Waals surface area contributed by atoms with Gasteiger partial charge in [0.05, 0.1) is 24.9 Å². The highest BCUT2D eigenvalue weighted by molar-refractivity contribution is 7.47. The Morgan fingerprint density at radius 1 is 1.42 bits per heavy atom. The molecule has 1 heterocycles. The van der Waals surface area contributed by atoms with E-state index in [4.69, 9.17) is 14.8 Å². The third kappa shape index (κ3) is 7.59. The lowest BCUT2D eigenvalue weighted by atomic mass is 10.1. The average Bonchev–Trinajstić information content (AvgIpc) is 2.90. The van der Waals surface area contributed by atoms with Gasteiger partial charge in [-0.25, -0.2) is 4.57 Å². The number of aliphatic hydroxyl groups excluding tert-OH is 1. The Morgan fingerprint density at radius 3 is 2.75 bits per heavy atom. The van der Waals surface area contributed by atoms with Crippen molar-refractivity contribution in [1.82, 2.24) is 4.90 Å². The maximum Gasteiger partial charge on any atom is 0.472 e. The average molecular weight is 366 g/mol. The van der Waals surface area contributed by atoms with E-state index in [0.717, 1.165) is 19.3 Å². The van der Waals surface area contributed by atoms with Gasteiger partial charge in [0, 0.05) is 13.0 Å². The first-order valence-corrected chi connectivity index (χ1v) is 10.1. The number of phosphoric ester groups is 1. The smallest absolute Gasteiger partial charge is 0.391 e. The highest BCUT2D eigenvalue weighted by Gasteiger charge is 2.36. The minimum atomic E-state index is -4.16. The summed E-state index contributed by atoms with van der Waals surface area (Å²) in [4.78, 5) is 23.5. The van der Waals surface area contributed by atoms with Crippen molar-refractivity contribution in [2.24, 2.45) is 5.73 Å². The SMILES string of the molecule is CCC(C)OP(=O)(O)OC[C@@H]1C[C@@H](O)CN1C(=O)CCCCCN. The molecular formula is C15H31N2O6P. The Kier molecular flexibility index (Phi) is 9.41. The van der Waals surface area contributed by atoms with Crippen LogP contribution in [0.2, 0.25) is 0 Å². The Hall–Kier alpha value is -0.500. The first-order chi connectivity index (χ1) is 11.3. The zero-order valence-corrected chi connectivity index (χ0v) is 15.5. The number of phosphoric acid groups is 1. The third-order valence-corrected chi connectivity index (χ3v) is 5.23. The largest absolute Gasteiger partial charge is 0.472 e. The van der Waals surface area contributed by atoms with Gasteiger partial charge < -0.3 is 20.6 Å². The third-order valence-electron chi connectivity index (χ3n) is 4.13. The quantitative estimate of drug-likeness (QED) is 0.373. The monoisotopic (exact) mass is 366 g/mol. The van der Waals surface area contributed by atoms with Crippen LogP contribution in [0.1, 0.15) is 52.4 Å². The molecular weight excluding hydrogens is 335 g/mol. The fourth-order valence-electron chi connectivity index (χ4n) is 2.61. The van der Waals surface area contributed by atoms with Gasteiger partial charge >= 0.3 is 7.82 Å². The van der Waals surface area contributed by atoms with Crippen molar-refractivity contribution in [3.8, 4) is 0 Å². The van der Waals surface area contributed by atoms with E-state index in [1.54, 1.807) is 6.92 Å². The second-order valence-corrected chi connectivity index (χ2v) is 7.68. The number of rotatable bonds is 11. The van der Waals surface area contributed by atoms with Crippen LogP contribution in [0.25, 0.3) is 0 Å². The van der Waals surface area contributed by atoms with Gasteiger partial charge in [-0.05, 0) is 39.2 Å². The standard InChI is InChI=1S/C15H31N2O6P/c1-3-12(2)23-24(20,21)22-11-13-9-14(18)10-17(13)15(19)7-5-4-6-8-16/h12-14,18H,3-11,16H2,1-2H3,(H,20,21)/t12?,13-,14+/m0/s1. The van der Waals surface area contributed by atoms with E-state index in [-0.39, 0.29) is 19.1 Å². The van der Waals surface area contributed by atoms with E-state index in [2.05, 4.69) is 0 Å². The van der Waals surface area contributed by atoms with Crippen molar-refractivity contribution >= 4 is 13.7 Å². The van der Waals surface area contributed by atoms with Gasteiger partial charge in [-0.3, -0.25) is 13.8 Å². The molecule has 1 rings (SSSR count). The molecule has 8 nitrogen and oxygen atoms in total. The molecule has 0 aromatic rings. The van der Waals surface area contributed by atoms with Gasteiger partial charge in [0.1, 0.15) is 0 Å². The molecule has 0 aliphatic carbocycles. The number of carbonyl (C=O) groups is 1. The molecule has 1 saturated heterocycles. The molecule has 0 aromatic heterocycles. The number of carbonyl (C=O) groups excluding carboxylic acids is 1. The molecule has 0 radical (unpaired) electrons. The molecule has 1 amide bonds. The highest BCUT2D eigenvalue weighted by atomic mass is 31.2. The summed E-state index contributed by atoms with van der Waals surface area (Å²) in [5, 5.41) is 9.81. The zero-order chi connectivity index (χ0) is 18.2. The van der Waals surface area contributed by atoms with Crippen LogP contribution in [-0.2, 0) is 18.4 Å². The van der Waals surface area contributed by atoms with E-state index < -0.39 is 26.1 Å². The number of likely N-dealkylation sites (tertiary alicyclic amines) is 1. The molecule has 4 N–H and O–H groups in total. The first-order valence-electron chi connectivity index (χ1n) is 8.62. The van der Waals surface area contributed by atoms with Crippen LogP contribution in [0.3, 0.4) is 0 Å². The Balaban J connectivity index is 2.49. The Bertz CT molecular complexity index is 436. The topological polar surface area (TPSA) is 122 Å². The van der Waals surface area contributed by atoms with E-state index in [1.807, 2.05) is 6.92 Å². The molecule has 1 aliphatic heterocycles. The fraction of sp³-hybridized carbons (Fsp3) is 0.933. The Labute approximate surface area is 143 Å². The van der Waals surface area contributed by atoms with Crippen molar-refractivity contribution in [1.29, 1.82) is 0 Å². The van der Waals surface area contributed by atoms with Gasteiger partial charge in [0.15, 0.2) is 0 Å². The van der Waals surface area contributed by atoms with E-state index in [1.165, 1.54) is 4.90 Å². The number of aliphatic hydroxyl groups is 1. The van der Waals surface area contributed by atoms with Gasteiger partial charge in [-0.1, -0.05) is 13.3 Å². The van der Waals surface area contributed by atoms with Crippen LogP contribution in [0.4, 0.5) is 0 Å². The van der Waals surface area contributed by atoms with Crippen molar-refractivity contribution in [3.05, 3.63) is 0 Å². The molecule has 2 unspecified atom stereocenters. The first kappa shape index (κ1) is 21.5. The van der Waals surface area contributed by atoms with Crippen LogP contribution in [0, 0.1) is 0 Å². The number of hydrogen-bond acceptors (Lipinski definition) is 6. The van der Waals surface area contributed by atoms with Crippen molar-refractivity contribution in [2.45, 2.75) is 70.6 Å². The minimum absolute atomic E-state index is 0.0761. The summed E-state index contributed by atoms with van der Waals surface area (Å²) >= 11 is 0. The lowest BCUT2D eigenvalue weighted by molar-refractivity contribution is -0.133. The summed E-state index contributed by atoms with van der Waals surface area (Å²) in [5.41, 5.74) is 5.43. The predicted molar refractivity (Wildman–Crippen MR) is 90.3 cm³/mol. The van der Waals surface area contributed by atoms with Crippen LogP contribution in [-0.4, -0.2) is 58.8 Å². The minimum Gasteiger partial charge on any atom is -0.391 e. The van der Waals surface area contributed by atoms with E-state index in [0.29, 0.717) is 25.8 Å². The van der Waals surface area contributed by atoms with Crippen LogP contribution >= 0.6 is 7.82 Å². The normalized spacial score (nSPS) is 24.8. The molecule has 4 atom stereocenters. The lowest BCUT2D eigenvalue weighted by Crippen LogP contribution is -2.38. The van der Waals surface area contributed by atoms with Crippen LogP contribution < -0.4 is 5.73 Å². The number of nitrogens with zero attached hydrogens (tertiary/aromatic N) is 1. The van der Waals surface area contributed by atoms with Gasteiger partial charge in [-0.2, -0.15) is 0 Å². The number of β-amino-alcohol motifs (C(OH)–C–C–N with tert-alkyl or cyclic N) is 1. The second kappa shape index (κ2) is 10.5. The van der Waals surface area contributed by atoms with Gasteiger partial charge in [-0.15, -0.1) is 0 Å². The van der Waals surface area contributed by atoms with Crippen molar-refractivity contribution < 1.29 is 28.4 Å². The number of amides is 1. The summed E-state index contributed by atoms with van der Waals surface area (Å²) in [5.74, 6) is -0.0761. The molecule has 0 bridgehead atoms. The highest BCUT2D eigenvalue weighted by Crippen LogP contribution is 2.45. The molecule has 0 aromatic carbocycles. The molecule has 1 aliphatic rings.